The van der Waals surface area contributed by atoms with Crippen molar-refractivity contribution >= 4 is 5.69 Å². The van der Waals surface area contributed by atoms with E-state index >= 15 is 0 Å². The Morgan fingerprint density at radius 2 is 2.00 bits per heavy atom. The van der Waals surface area contributed by atoms with Gasteiger partial charge in [0.2, 0.25) is 0 Å². The first-order chi connectivity index (χ1) is 5.62. The van der Waals surface area contributed by atoms with Gasteiger partial charge in [0.15, 0.2) is 0 Å². The Labute approximate surface area is 69.2 Å². The Hall–Kier alpha value is -1.12. The van der Waals surface area contributed by atoms with Crippen LogP contribution < -0.4 is 5.73 Å². The molecule has 0 atom stereocenters. The molecule has 2 rings (SSSR count). The van der Waals surface area contributed by atoms with Crippen LogP contribution in [0.5, 0.6) is 0 Å². The van der Waals surface area contributed by atoms with Gasteiger partial charge in [-0.15, -0.1) is 0 Å². The smallest absolute Gasteiger partial charge is 0.139 e. The fourth-order valence-electron chi connectivity index (χ4n) is 1.27. The van der Waals surface area contributed by atoms with Crippen LogP contribution in [0.25, 0.3) is 0 Å². The van der Waals surface area contributed by atoms with Crippen molar-refractivity contribution < 1.29 is 8.78 Å². The molecule has 2 N–H and O–H groups in total. The summed E-state index contributed by atoms with van der Waals surface area (Å²) in [6, 6.07) is 4.12. The van der Waals surface area contributed by atoms with Crippen LogP contribution in [0, 0.1) is 5.82 Å². The Balaban J connectivity index is 2.45. The van der Waals surface area contributed by atoms with Gasteiger partial charge in [-0.25, -0.2) is 8.78 Å². The number of hydrogen-bond donors (Lipinski definition) is 1. The van der Waals surface area contributed by atoms with Gasteiger partial charge in [0.1, 0.15) is 11.5 Å². The van der Waals surface area contributed by atoms with Gasteiger partial charge in [-0.05, 0) is 25.0 Å². The quantitative estimate of drug-likeness (QED) is 0.641. The Kier molecular flexibility index (Phi) is 1.37. The summed E-state index contributed by atoms with van der Waals surface area (Å²) in [6.07, 6.45) is 0.849. The predicted molar refractivity (Wildman–Crippen MR) is 42.8 cm³/mol. The first-order valence-electron chi connectivity index (χ1n) is 3.86. The number of alkyl halides is 1. The molecule has 0 saturated heterocycles. The van der Waals surface area contributed by atoms with E-state index in [1.54, 1.807) is 0 Å². The van der Waals surface area contributed by atoms with Crippen molar-refractivity contribution in [2.75, 3.05) is 5.73 Å². The first-order valence-corrected chi connectivity index (χ1v) is 3.86. The van der Waals surface area contributed by atoms with Gasteiger partial charge < -0.3 is 5.73 Å². The summed E-state index contributed by atoms with van der Waals surface area (Å²) in [7, 11) is 0. The van der Waals surface area contributed by atoms with Crippen LogP contribution in [-0.4, -0.2) is 0 Å². The van der Waals surface area contributed by atoms with Gasteiger partial charge in [0, 0.05) is 11.3 Å². The summed E-state index contributed by atoms with van der Waals surface area (Å²) in [6.45, 7) is 0. The monoisotopic (exact) mass is 169 g/mol. The Morgan fingerprint density at radius 1 is 1.33 bits per heavy atom. The Morgan fingerprint density at radius 3 is 2.50 bits per heavy atom. The van der Waals surface area contributed by atoms with Crippen molar-refractivity contribution in [3.8, 4) is 0 Å². The van der Waals surface area contributed by atoms with Crippen molar-refractivity contribution in [2.24, 2.45) is 0 Å². The molecule has 1 nitrogen and oxygen atoms in total. The van der Waals surface area contributed by atoms with Crippen LogP contribution in [0.2, 0.25) is 0 Å². The molecule has 0 unspecified atom stereocenters. The number of nitrogens with two attached hydrogens (primary N) is 1. The zero-order valence-electron chi connectivity index (χ0n) is 6.48. The van der Waals surface area contributed by atoms with E-state index in [-0.39, 0.29) is 5.56 Å². The van der Waals surface area contributed by atoms with E-state index in [2.05, 4.69) is 0 Å². The molecule has 0 radical (unpaired) electrons. The maximum Gasteiger partial charge on any atom is 0.139 e. The molecule has 0 aliphatic heterocycles. The second kappa shape index (κ2) is 2.19. The molecule has 1 fully saturated rings. The van der Waals surface area contributed by atoms with E-state index in [1.807, 2.05) is 0 Å². The molecule has 3 heteroatoms. The van der Waals surface area contributed by atoms with Gasteiger partial charge in [-0.1, -0.05) is 6.07 Å². The van der Waals surface area contributed by atoms with E-state index in [1.165, 1.54) is 12.1 Å². The summed E-state index contributed by atoms with van der Waals surface area (Å²) in [5.41, 5.74) is 4.41. The lowest BCUT2D eigenvalue weighted by Crippen LogP contribution is -2.02. The molecular formula is C9H9F2N. The first kappa shape index (κ1) is 7.53. The number of nitrogen functional groups attached to an aromatic ring is 1. The van der Waals surface area contributed by atoms with Crippen molar-refractivity contribution in [3.05, 3.63) is 29.6 Å². The topological polar surface area (TPSA) is 26.0 Å². The van der Waals surface area contributed by atoms with Crippen LogP contribution >= 0.6 is 0 Å². The zero-order chi connectivity index (χ0) is 8.77. The second-order valence-corrected chi connectivity index (χ2v) is 3.20. The predicted octanol–water partition coefficient (Wildman–Crippen LogP) is 2.37. The van der Waals surface area contributed by atoms with Crippen molar-refractivity contribution in [3.63, 3.8) is 0 Å². The molecule has 0 spiro atoms. The fraction of sp³-hybridized carbons (Fsp3) is 0.333. The fourth-order valence-corrected chi connectivity index (χ4v) is 1.27. The van der Waals surface area contributed by atoms with Gasteiger partial charge in [0.25, 0.3) is 0 Å². The molecule has 1 saturated carbocycles. The molecule has 1 aromatic carbocycles. The molecule has 1 aliphatic rings. The van der Waals surface area contributed by atoms with E-state index < -0.39 is 11.5 Å². The lowest BCUT2D eigenvalue weighted by Gasteiger charge is -2.06. The van der Waals surface area contributed by atoms with E-state index in [0.29, 0.717) is 18.5 Å². The average Bonchev–Trinajstić information content (AvgIpc) is 2.68. The summed E-state index contributed by atoms with van der Waals surface area (Å²) in [5.74, 6) is -0.532. The van der Waals surface area contributed by atoms with Crippen molar-refractivity contribution in [2.45, 2.75) is 18.5 Å². The summed E-state index contributed by atoms with van der Waals surface area (Å²) in [4.78, 5) is 0. The third-order valence-electron chi connectivity index (χ3n) is 2.16. The number of anilines is 1. The normalized spacial score (nSPS) is 19.2. The standard InChI is InChI=1S/C9H9F2N/c10-8-5-6(12)1-2-7(8)9(11)3-4-9/h1-2,5H,3-4,12H2. The van der Waals surface area contributed by atoms with Gasteiger partial charge in [-0.3, -0.25) is 0 Å². The van der Waals surface area contributed by atoms with Crippen LogP contribution in [0.15, 0.2) is 18.2 Å². The van der Waals surface area contributed by atoms with E-state index in [0.717, 1.165) is 6.07 Å². The minimum atomic E-state index is -1.40. The van der Waals surface area contributed by atoms with Gasteiger partial charge >= 0.3 is 0 Å². The number of rotatable bonds is 1. The number of halogens is 2. The summed E-state index contributed by atoms with van der Waals surface area (Å²) < 4.78 is 26.4. The highest BCUT2D eigenvalue weighted by atomic mass is 19.2. The third kappa shape index (κ3) is 1.05. The lowest BCUT2D eigenvalue weighted by atomic mass is 10.1. The van der Waals surface area contributed by atoms with E-state index in [9.17, 15) is 8.78 Å². The highest BCUT2D eigenvalue weighted by Crippen LogP contribution is 2.50. The highest BCUT2D eigenvalue weighted by molar-refractivity contribution is 5.43. The SMILES string of the molecule is Nc1ccc(C2(F)CC2)c(F)c1. The highest BCUT2D eigenvalue weighted by Gasteiger charge is 2.46. The third-order valence-corrected chi connectivity index (χ3v) is 2.16. The van der Waals surface area contributed by atoms with Crippen molar-refractivity contribution in [1.82, 2.24) is 0 Å². The second-order valence-electron chi connectivity index (χ2n) is 3.20. The maximum atomic E-state index is 13.3. The van der Waals surface area contributed by atoms with Crippen LogP contribution in [0.4, 0.5) is 14.5 Å². The van der Waals surface area contributed by atoms with Crippen molar-refractivity contribution in [1.29, 1.82) is 0 Å². The summed E-state index contributed by atoms with van der Waals surface area (Å²) >= 11 is 0. The maximum absolute atomic E-state index is 13.3. The van der Waals surface area contributed by atoms with Gasteiger partial charge in [-0.2, -0.15) is 0 Å². The largest absolute Gasteiger partial charge is 0.399 e. The minimum absolute atomic E-state index is 0.150. The zero-order valence-corrected chi connectivity index (χ0v) is 6.48. The Bertz CT molecular complexity index is 318. The minimum Gasteiger partial charge on any atom is -0.399 e. The molecule has 12 heavy (non-hydrogen) atoms. The van der Waals surface area contributed by atoms with Crippen LogP contribution in [0.1, 0.15) is 18.4 Å². The molecule has 0 heterocycles. The molecule has 1 aromatic rings. The molecule has 0 amide bonds. The van der Waals surface area contributed by atoms with E-state index in [4.69, 9.17) is 5.73 Å². The number of benzene rings is 1. The molecule has 0 bridgehead atoms. The molecular weight excluding hydrogens is 160 g/mol. The molecule has 64 valence electrons. The van der Waals surface area contributed by atoms with Crippen LogP contribution in [0.3, 0.4) is 0 Å². The molecule has 0 aromatic heterocycles. The lowest BCUT2D eigenvalue weighted by molar-refractivity contribution is 0.307. The number of hydrogen-bond acceptors (Lipinski definition) is 1. The van der Waals surface area contributed by atoms with Gasteiger partial charge in [0.05, 0.1) is 0 Å². The summed E-state index contributed by atoms with van der Waals surface area (Å²) in [5, 5.41) is 0. The molecule has 1 aliphatic carbocycles. The van der Waals surface area contributed by atoms with Crippen LogP contribution in [-0.2, 0) is 5.67 Å². The average molecular weight is 169 g/mol.